The predicted molar refractivity (Wildman–Crippen MR) is 125 cm³/mol. The second-order valence-corrected chi connectivity index (χ2v) is 7.83. The molecule has 0 amide bonds. The summed E-state index contributed by atoms with van der Waals surface area (Å²) in [6, 6.07) is 15.3. The Kier molecular flexibility index (Phi) is 6.85. The van der Waals surface area contributed by atoms with Crippen LogP contribution in [0.1, 0.15) is 25.3 Å². The number of aliphatic imine (C=N–C) groups is 1. The molecule has 0 unspecified atom stereocenters. The van der Waals surface area contributed by atoms with Crippen LogP contribution in [-0.4, -0.2) is 49.7 Å². The molecule has 158 valence electrons. The molecule has 0 atom stereocenters. The Hall–Kier alpha value is -3.02. The first-order valence-corrected chi connectivity index (χ1v) is 11.0. The molecule has 2 N–H and O–H groups in total. The highest BCUT2D eigenvalue weighted by molar-refractivity contribution is 5.80. The number of nitrogens with zero attached hydrogens (tertiary/aromatic N) is 4. The average molecular weight is 405 g/mol. The summed E-state index contributed by atoms with van der Waals surface area (Å²) in [5.74, 6) is 1.98. The molecule has 1 aromatic carbocycles. The molecule has 6 nitrogen and oxygen atoms in total. The van der Waals surface area contributed by atoms with Crippen molar-refractivity contribution >= 4 is 17.5 Å². The van der Waals surface area contributed by atoms with E-state index in [1.807, 2.05) is 12.3 Å². The molecule has 2 aliphatic rings. The summed E-state index contributed by atoms with van der Waals surface area (Å²) >= 11 is 0. The number of pyridine rings is 1. The first kappa shape index (κ1) is 20.3. The van der Waals surface area contributed by atoms with Gasteiger partial charge in [-0.2, -0.15) is 0 Å². The van der Waals surface area contributed by atoms with E-state index in [1.165, 1.54) is 11.3 Å². The SMILES string of the molecule is CCNC(=NCc1ccc(N2CC=CC2)cc1)NC1CCN(c2ccccn2)CC1. The Labute approximate surface area is 179 Å². The summed E-state index contributed by atoms with van der Waals surface area (Å²) in [7, 11) is 0. The largest absolute Gasteiger partial charge is 0.364 e. The highest BCUT2D eigenvalue weighted by atomic mass is 15.2. The Bertz CT molecular complexity index is 830. The third kappa shape index (κ3) is 5.32. The van der Waals surface area contributed by atoms with Gasteiger partial charge in [-0.05, 0) is 49.6 Å². The molecule has 30 heavy (non-hydrogen) atoms. The fourth-order valence-electron chi connectivity index (χ4n) is 3.98. The number of nitrogens with one attached hydrogen (secondary N) is 2. The van der Waals surface area contributed by atoms with Gasteiger partial charge in [0.05, 0.1) is 6.54 Å². The number of aromatic nitrogens is 1. The molecule has 1 fully saturated rings. The van der Waals surface area contributed by atoms with Crippen molar-refractivity contribution in [3.63, 3.8) is 0 Å². The zero-order chi connectivity index (χ0) is 20.6. The second-order valence-electron chi connectivity index (χ2n) is 7.83. The molecular formula is C24H32N6. The molecule has 1 saturated heterocycles. The lowest BCUT2D eigenvalue weighted by molar-refractivity contribution is 0.459. The number of hydrogen-bond donors (Lipinski definition) is 2. The van der Waals surface area contributed by atoms with E-state index in [2.05, 4.69) is 80.9 Å². The Morgan fingerprint density at radius 3 is 2.47 bits per heavy atom. The molecule has 4 rings (SSSR count). The zero-order valence-electron chi connectivity index (χ0n) is 17.8. The van der Waals surface area contributed by atoms with Crippen LogP contribution in [0.2, 0.25) is 0 Å². The first-order chi connectivity index (χ1) is 14.8. The summed E-state index contributed by atoms with van der Waals surface area (Å²) in [5, 5.41) is 7.03. The zero-order valence-corrected chi connectivity index (χ0v) is 17.8. The maximum absolute atomic E-state index is 4.82. The monoisotopic (exact) mass is 404 g/mol. The molecule has 0 aliphatic carbocycles. The molecule has 3 heterocycles. The maximum atomic E-state index is 4.82. The molecule has 1 aromatic heterocycles. The lowest BCUT2D eigenvalue weighted by Gasteiger charge is -2.33. The highest BCUT2D eigenvalue weighted by Gasteiger charge is 2.20. The van der Waals surface area contributed by atoms with Crippen molar-refractivity contribution in [2.45, 2.75) is 32.4 Å². The average Bonchev–Trinajstić information content (AvgIpc) is 3.34. The van der Waals surface area contributed by atoms with E-state index in [1.54, 1.807) is 0 Å². The van der Waals surface area contributed by atoms with Crippen LogP contribution in [0.15, 0.2) is 65.8 Å². The van der Waals surface area contributed by atoms with Crippen LogP contribution >= 0.6 is 0 Å². The summed E-state index contributed by atoms with van der Waals surface area (Å²) in [4.78, 5) is 14.0. The lowest BCUT2D eigenvalue weighted by Crippen LogP contribution is -2.48. The molecule has 0 radical (unpaired) electrons. The van der Waals surface area contributed by atoms with Crippen molar-refractivity contribution in [1.82, 2.24) is 15.6 Å². The summed E-state index contributed by atoms with van der Waals surface area (Å²) in [5.41, 5.74) is 2.51. The minimum absolute atomic E-state index is 0.438. The van der Waals surface area contributed by atoms with E-state index < -0.39 is 0 Å². The van der Waals surface area contributed by atoms with E-state index in [4.69, 9.17) is 4.99 Å². The van der Waals surface area contributed by atoms with Crippen LogP contribution in [0.25, 0.3) is 0 Å². The maximum Gasteiger partial charge on any atom is 0.191 e. The van der Waals surface area contributed by atoms with E-state index >= 15 is 0 Å². The van der Waals surface area contributed by atoms with Gasteiger partial charge in [0.25, 0.3) is 0 Å². The Balaban J connectivity index is 1.29. The van der Waals surface area contributed by atoms with E-state index in [0.29, 0.717) is 12.6 Å². The fraction of sp³-hybridized carbons (Fsp3) is 0.417. The molecule has 2 aromatic rings. The van der Waals surface area contributed by atoms with Gasteiger partial charge in [0.15, 0.2) is 5.96 Å². The second kappa shape index (κ2) is 10.1. The smallest absolute Gasteiger partial charge is 0.191 e. The molecule has 2 aliphatic heterocycles. The fourth-order valence-corrected chi connectivity index (χ4v) is 3.98. The minimum Gasteiger partial charge on any atom is -0.364 e. The normalized spacial score (nSPS) is 17.4. The lowest BCUT2D eigenvalue weighted by atomic mass is 10.1. The van der Waals surface area contributed by atoms with E-state index in [9.17, 15) is 0 Å². The van der Waals surface area contributed by atoms with Crippen LogP contribution in [-0.2, 0) is 6.54 Å². The van der Waals surface area contributed by atoms with Crippen molar-refractivity contribution in [2.75, 3.05) is 42.5 Å². The predicted octanol–water partition coefficient (Wildman–Crippen LogP) is 3.18. The van der Waals surface area contributed by atoms with E-state index in [0.717, 1.165) is 57.3 Å². The van der Waals surface area contributed by atoms with Crippen LogP contribution in [0.4, 0.5) is 11.5 Å². The van der Waals surface area contributed by atoms with Gasteiger partial charge in [-0.3, -0.25) is 0 Å². The number of rotatable bonds is 6. The van der Waals surface area contributed by atoms with Gasteiger partial charge in [0.2, 0.25) is 0 Å². The van der Waals surface area contributed by atoms with Gasteiger partial charge < -0.3 is 20.4 Å². The van der Waals surface area contributed by atoms with Gasteiger partial charge in [-0.25, -0.2) is 9.98 Å². The molecule has 0 saturated carbocycles. The van der Waals surface area contributed by atoms with Crippen molar-refractivity contribution in [2.24, 2.45) is 4.99 Å². The topological polar surface area (TPSA) is 55.8 Å². The van der Waals surface area contributed by atoms with Crippen LogP contribution < -0.4 is 20.4 Å². The van der Waals surface area contributed by atoms with Crippen LogP contribution in [0.5, 0.6) is 0 Å². The van der Waals surface area contributed by atoms with Crippen LogP contribution in [0, 0.1) is 0 Å². The van der Waals surface area contributed by atoms with Crippen LogP contribution in [0.3, 0.4) is 0 Å². The number of hydrogen-bond acceptors (Lipinski definition) is 4. The van der Waals surface area contributed by atoms with Crippen molar-refractivity contribution < 1.29 is 0 Å². The van der Waals surface area contributed by atoms with Crippen molar-refractivity contribution in [1.29, 1.82) is 0 Å². The van der Waals surface area contributed by atoms with Gasteiger partial charge in [0.1, 0.15) is 5.82 Å². The quantitative estimate of drug-likeness (QED) is 0.440. The number of benzene rings is 1. The van der Waals surface area contributed by atoms with Gasteiger partial charge in [0, 0.05) is 50.6 Å². The third-order valence-corrected chi connectivity index (χ3v) is 5.69. The number of anilines is 2. The number of guanidine groups is 1. The number of piperidine rings is 1. The third-order valence-electron chi connectivity index (χ3n) is 5.69. The summed E-state index contributed by atoms with van der Waals surface area (Å²) < 4.78 is 0. The molecule has 0 spiro atoms. The van der Waals surface area contributed by atoms with Gasteiger partial charge >= 0.3 is 0 Å². The summed E-state index contributed by atoms with van der Waals surface area (Å²) in [6.45, 7) is 7.69. The summed E-state index contributed by atoms with van der Waals surface area (Å²) in [6.07, 6.45) is 8.46. The first-order valence-electron chi connectivity index (χ1n) is 11.0. The molecular weight excluding hydrogens is 372 g/mol. The minimum atomic E-state index is 0.438. The van der Waals surface area contributed by atoms with E-state index in [-0.39, 0.29) is 0 Å². The standard InChI is InChI=1S/C24H32N6/c1-2-25-24(27-19-20-8-10-22(11-9-20)29-15-5-6-16-29)28-21-12-17-30(18-13-21)23-7-3-4-14-26-23/h3-11,14,21H,2,12-13,15-19H2,1H3,(H2,25,27,28). The molecule has 6 heteroatoms. The van der Waals surface area contributed by atoms with Gasteiger partial charge in [-0.1, -0.05) is 30.4 Å². The Morgan fingerprint density at radius 1 is 1.03 bits per heavy atom. The highest BCUT2D eigenvalue weighted by Crippen LogP contribution is 2.19. The molecule has 0 bridgehead atoms. The Morgan fingerprint density at radius 2 is 1.80 bits per heavy atom. The van der Waals surface area contributed by atoms with Crippen molar-refractivity contribution in [3.8, 4) is 0 Å². The van der Waals surface area contributed by atoms with Crippen molar-refractivity contribution in [3.05, 3.63) is 66.4 Å². The van der Waals surface area contributed by atoms with Gasteiger partial charge in [-0.15, -0.1) is 0 Å².